The molecule has 0 bridgehead atoms. The van der Waals surface area contributed by atoms with E-state index >= 15 is 0 Å². The molecule has 2 aromatic rings. The topological polar surface area (TPSA) is 110 Å². The number of fused-ring (bicyclic) bond motifs is 1. The minimum atomic E-state index is -0.286. The summed E-state index contributed by atoms with van der Waals surface area (Å²) in [5.74, 6) is 0. The van der Waals surface area contributed by atoms with Crippen LogP contribution in [0.5, 0.6) is 0 Å². The van der Waals surface area contributed by atoms with E-state index in [1.54, 1.807) is 45.5 Å². The smallest absolute Gasteiger partial charge is 0.329 e. The molecule has 2 rings (SSSR count). The van der Waals surface area contributed by atoms with Crippen LogP contribution in [0, 0.1) is 34.0 Å². The molecule has 0 saturated heterocycles. The minimum absolute atomic E-state index is 0.0899. The van der Waals surface area contributed by atoms with E-state index in [1.165, 1.54) is 0 Å². The van der Waals surface area contributed by atoms with Crippen molar-refractivity contribution in [3.8, 4) is 18.2 Å². The van der Waals surface area contributed by atoms with Crippen molar-refractivity contribution in [3.05, 3.63) is 40.0 Å². The largest absolute Gasteiger partial charge is 0.345 e. The van der Waals surface area contributed by atoms with Crippen molar-refractivity contribution in [2.75, 3.05) is 5.32 Å². The van der Waals surface area contributed by atoms with E-state index in [2.05, 4.69) is 5.32 Å². The molecule has 7 heteroatoms. The Labute approximate surface area is 132 Å². The molecular weight excluding hydrogens is 292 g/mol. The number of nitrogens with zero attached hydrogens (tertiary/aromatic N) is 5. The van der Waals surface area contributed by atoms with Crippen LogP contribution in [-0.4, -0.2) is 9.13 Å². The molecule has 0 unspecified atom stereocenters. The van der Waals surface area contributed by atoms with Crippen LogP contribution < -0.4 is 11.0 Å². The molecule has 1 aromatic heterocycles. The van der Waals surface area contributed by atoms with Gasteiger partial charge in [0.15, 0.2) is 5.57 Å². The lowest BCUT2D eigenvalue weighted by atomic mass is 10.2. The Morgan fingerprint density at radius 3 is 2.17 bits per heavy atom. The molecule has 0 fully saturated rings. The normalized spacial score (nSPS) is 9.70. The first-order chi connectivity index (χ1) is 11.1. The van der Waals surface area contributed by atoms with Crippen molar-refractivity contribution in [1.29, 1.82) is 15.8 Å². The number of rotatable bonds is 4. The van der Waals surface area contributed by atoms with E-state index in [4.69, 9.17) is 15.8 Å². The summed E-state index contributed by atoms with van der Waals surface area (Å²) in [4.78, 5) is 12.3. The number of anilines is 1. The van der Waals surface area contributed by atoms with Crippen LogP contribution in [0.3, 0.4) is 0 Å². The van der Waals surface area contributed by atoms with Gasteiger partial charge in [0.25, 0.3) is 0 Å². The third-order valence-electron chi connectivity index (χ3n) is 3.51. The van der Waals surface area contributed by atoms with Crippen LogP contribution >= 0.6 is 0 Å². The maximum absolute atomic E-state index is 12.3. The number of hydrogen-bond donors (Lipinski definition) is 1. The quantitative estimate of drug-likeness (QED) is 0.869. The summed E-state index contributed by atoms with van der Waals surface area (Å²) in [5.41, 5.74) is 1.58. The second-order valence-electron chi connectivity index (χ2n) is 4.68. The van der Waals surface area contributed by atoms with Crippen molar-refractivity contribution in [2.24, 2.45) is 0 Å². The van der Waals surface area contributed by atoms with Gasteiger partial charge in [0, 0.05) is 18.8 Å². The minimum Gasteiger partial charge on any atom is -0.345 e. The summed E-state index contributed by atoms with van der Waals surface area (Å²) < 4.78 is 3.30. The Hall–Kier alpha value is -3.50. The van der Waals surface area contributed by atoms with Crippen LogP contribution in [0.4, 0.5) is 5.69 Å². The molecule has 1 heterocycles. The average Bonchev–Trinajstić information content (AvgIpc) is 2.84. The predicted octanol–water partition coefficient (Wildman–Crippen LogP) is 2.08. The van der Waals surface area contributed by atoms with E-state index in [9.17, 15) is 4.79 Å². The Kier molecular flexibility index (Phi) is 4.50. The fraction of sp³-hybridized carbons (Fsp3) is 0.250. The molecule has 1 N–H and O–H groups in total. The number of nitriles is 3. The highest BCUT2D eigenvalue weighted by atomic mass is 16.1. The van der Waals surface area contributed by atoms with Crippen LogP contribution in [0.15, 0.2) is 34.3 Å². The number of aryl methyl sites for hydroxylation is 2. The van der Waals surface area contributed by atoms with Gasteiger partial charge >= 0.3 is 5.69 Å². The monoisotopic (exact) mass is 306 g/mol. The molecular formula is C16H14N6O. The number of allylic oxidation sites excluding steroid dienone is 2. The van der Waals surface area contributed by atoms with Crippen molar-refractivity contribution in [3.63, 3.8) is 0 Å². The van der Waals surface area contributed by atoms with E-state index in [0.717, 1.165) is 11.0 Å². The molecule has 23 heavy (non-hydrogen) atoms. The lowest BCUT2D eigenvalue weighted by Crippen LogP contribution is -2.23. The zero-order chi connectivity index (χ0) is 17.0. The zero-order valence-electron chi connectivity index (χ0n) is 12.8. The van der Waals surface area contributed by atoms with Crippen molar-refractivity contribution >= 4 is 16.7 Å². The number of nitrogens with one attached hydrogen (secondary N) is 1. The van der Waals surface area contributed by atoms with E-state index in [0.29, 0.717) is 18.8 Å². The Morgan fingerprint density at radius 2 is 1.65 bits per heavy atom. The molecule has 1 aromatic carbocycles. The fourth-order valence-corrected chi connectivity index (χ4v) is 2.44. The van der Waals surface area contributed by atoms with Gasteiger partial charge in [0.05, 0.1) is 11.0 Å². The van der Waals surface area contributed by atoms with Crippen LogP contribution in [0.1, 0.15) is 13.8 Å². The van der Waals surface area contributed by atoms with Crippen molar-refractivity contribution in [2.45, 2.75) is 26.9 Å². The summed E-state index contributed by atoms with van der Waals surface area (Å²) >= 11 is 0. The van der Waals surface area contributed by atoms with Gasteiger partial charge in [-0.15, -0.1) is 0 Å². The van der Waals surface area contributed by atoms with Crippen LogP contribution in [-0.2, 0) is 13.1 Å². The Bertz CT molecular complexity index is 955. The summed E-state index contributed by atoms with van der Waals surface area (Å²) in [6.07, 6.45) is 0. The van der Waals surface area contributed by atoms with Gasteiger partial charge in [-0.05, 0) is 32.0 Å². The van der Waals surface area contributed by atoms with Gasteiger partial charge < -0.3 is 5.32 Å². The zero-order valence-corrected chi connectivity index (χ0v) is 12.8. The summed E-state index contributed by atoms with van der Waals surface area (Å²) in [6, 6.07) is 10.4. The Morgan fingerprint density at radius 1 is 1.04 bits per heavy atom. The van der Waals surface area contributed by atoms with Gasteiger partial charge in [0.2, 0.25) is 0 Å². The SMILES string of the molecule is CCn1c(=O)n(CC)c2cc(NC(C#N)=C(C#N)C#N)ccc21. The second kappa shape index (κ2) is 6.51. The molecule has 7 nitrogen and oxygen atoms in total. The van der Waals surface area contributed by atoms with Crippen LogP contribution in [0.25, 0.3) is 11.0 Å². The van der Waals surface area contributed by atoms with Gasteiger partial charge in [-0.2, -0.15) is 15.8 Å². The van der Waals surface area contributed by atoms with Gasteiger partial charge in [-0.3, -0.25) is 9.13 Å². The molecule has 0 aliphatic carbocycles. The van der Waals surface area contributed by atoms with Gasteiger partial charge in [-0.1, -0.05) is 0 Å². The highest BCUT2D eigenvalue weighted by Crippen LogP contribution is 2.20. The maximum atomic E-state index is 12.3. The first-order valence-electron chi connectivity index (χ1n) is 7.05. The summed E-state index contributed by atoms with van der Waals surface area (Å²) in [6.45, 7) is 4.86. The number of aromatic nitrogens is 2. The van der Waals surface area contributed by atoms with Gasteiger partial charge in [0.1, 0.15) is 23.9 Å². The summed E-state index contributed by atoms with van der Waals surface area (Å²) in [7, 11) is 0. The van der Waals surface area contributed by atoms with E-state index in [-0.39, 0.29) is 17.0 Å². The fourth-order valence-electron chi connectivity index (χ4n) is 2.44. The highest BCUT2D eigenvalue weighted by Gasteiger charge is 2.12. The first kappa shape index (κ1) is 15.9. The number of hydrogen-bond acceptors (Lipinski definition) is 5. The van der Waals surface area contributed by atoms with E-state index < -0.39 is 0 Å². The lowest BCUT2D eigenvalue weighted by Gasteiger charge is -2.06. The first-order valence-corrected chi connectivity index (χ1v) is 7.05. The molecule has 0 atom stereocenters. The van der Waals surface area contributed by atoms with Crippen molar-refractivity contribution in [1.82, 2.24) is 9.13 Å². The molecule has 0 saturated carbocycles. The molecule has 0 aliphatic heterocycles. The van der Waals surface area contributed by atoms with Crippen LogP contribution in [0.2, 0.25) is 0 Å². The predicted molar refractivity (Wildman–Crippen MR) is 85.0 cm³/mol. The van der Waals surface area contributed by atoms with Crippen molar-refractivity contribution < 1.29 is 0 Å². The highest BCUT2D eigenvalue weighted by molar-refractivity contribution is 5.81. The molecule has 0 amide bonds. The number of imidazole rings is 1. The average molecular weight is 306 g/mol. The molecule has 0 aliphatic rings. The number of benzene rings is 1. The van der Waals surface area contributed by atoms with Gasteiger partial charge in [-0.25, -0.2) is 4.79 Å². The third-order valence-corrected chi connectivity index (χ3v) is 3.51. The van der Waals surface area contributed by atoms with E-state index in [1.807, 2.05) is 13.8 Å². The Balaban J connectivity index is 2.61. The third kappa shape index (κ3) is 2.66. The second-order valence-corrected chi connectivity index (χ2v) is 4.68. The molecule has 0 spiro atoms. The standard InChI is InChI=1S/C16H14N6O/c1-3-21-14-6-5-12(7-15(14)22(4-2)16(21)23)20-13(10-19)11(8-17)9-18/h5-7,20H,3-4H2,1-2H3. The molecule has 0 radical (unpaired) electrons. The maximum Gasteiger partial charge on any atom is 0.329 e. The lowest BCUT2D eigenvalue weighted by molar-refractivity contribution is 0.671. The molecule has 114 valence electrons. The summed E-state index contributed by atoms with van der Waals surface area (Å²) in [5, 5.41) is 29.6.